The Hall–Kier alpha value is -4.50. The zero-order valence-electron chi connectivity index (χ0n) is 20.2. The van der Waals surface area contributed by atoms with Crippen molar-refractivity contribution in [1.29, 1.82) is 0 Å². The zero-order valence-corrected chi connectivity index (χ0v) is 20.2. The summed E-state index contributed by atoms with van der Waals surface area (Å²) in [5.74, 6) is 1.77. The molecule has 36 heavy (non-hydrogen) atoms. The second-order valence-electron chi connectivity index (χ2n) is 10.3. The van der Waals surface area contributed by atoms with Crippen molar-refractivity contribution in [3.63, 3.8) is 0 Å². The first kappa shape index (κ1) is 19.8. The van der Waals surface area contributed by atoms with E-state index in [4.69, 9.17) is 4.74 Å². The van der Waals surface area contributed by atoms with Gasteiger partial charge >= 0.3 is 0 Å². The number of benzene rings is 5. The van der Waals surface area contributed by atoms with Crippen molar-refractivity contribution in [3.8, 4) is 17.2 Å². The molecule has 0 spiro atoms. The fourth-order valence-corrected chi connectivity index (χ4v) is 6.29. The van der Waals surface area contributed by atoms with E-state index in [1.54, 1.807) is 0 Å². The molecule has 0 saturated carbocycles. The monoisotopic (exact) mass is 464 g/mol. The van der Waals surface area contributed by atoms with Crippen LogP contribution in [0.5, 0.6) is 11.5 Å². The molecule has 0 saturated heterocycles. The van der Waals surface area contributed by atoms with Gasteiger partial charge in [0.2, 0.25) is 0 Å². The highest BCUT2D eigenvalue weighted by Crippen LogP contribution is 2.53. The molecule has 2 aliphatic rings. The lowest BCUT2D eigenvalue weighted by Gasteiger charge is -2.42. The molecular formula is C33H24N2O. The molecule has 0 N–H and O–H groups in total. The van der Waals surface area contributed by atoms with Gasteiger partial charge in [0, 0.05) is 22.3 Å². The van der Waals surface area contributed by atoms with Gasteiger partial charge in [0.15, 0.2) is 11.5 Å². The van der Waals surface area contributed by atoms with Crippen LogP contribution in [0.4, 0.5) is 17.1 Å². The van der Waals surface area contributed by atoms with E-state index < -0.39 is 0 Å². The molecule has 1 aromatic heterocycles. The number of hydrogen-bond donors (Lipinski definition) is 0. The first-order valence-electron chi connectivity index (χ1n) is 12.5. The molecule has 0 amide bonds. The summed E-state index contributed by atoms with van der Waals surface area (Å²) in [6, 6.07) is 39.1. The normalized spacial score (nSPS) is 14.8. The minimum Gasteiger partial charge on any atom is -0.453 e. The van der Waals surface area contributed by atoms with Gasteiger partial charge in [-0.2, -0.15) is 0 Å². The number of anilines is 3. The molecule has 3 heteroatoms. The molecule has 8 rings (SSSR count). The standard InChI is InChI=1S/C33H24N2O/c1-33(2)24-12-4-7-15-27(24)34(28-16-8-5-13-25(28)33)21-18-19-29-31(20-21)36-30-17-9-11-23-22-10-3-6-14-26(22)35(29)32(23)30/h3-20H,1-2H3. The number of hydrogen-bond acceptors (Lipinski definition) is 2. The van der Waals surface area contributed by atoms with Crippen LogP contribution in [0.3, 0.4) is 0 Å². The minimum atomic E-state index is -0.0804. The summed E-state index contributed by atoms with van der Waals surface area (Å²) < 4.78 is 8.93. The van der Waals surface area contributed by atoms with Crippen LogP contribution < -0.4 is 9.64 Å². The van der Waals surface area contributed by atoms with Gasteiger partial charge in [-0.05, 0) is 47.5 Å². The van der Waals surface area contributed by atoms with Crippen molar-refractivity contribution >= 4 is 38.9 Å². The van der Waals surface area contributed by atoms with E-state index in [1.807, 2.05) is 0 Å². The fourth-order valence-electron chi connectivity index (χ4n) is 6.29. The molecule has 0 bridgehead atoms. The van der Waals surface area contributed by atoms with Crippen molar-refractivity contribution in [2.24, 2.45) is 0 Å². The molecule has 0 fully saturated rings. The summed E-state index contributed by atoms with van der Waals surface area (Å²) in [5.41, 5.74) is 9.50. The number of rotatable bonds is 1. The van der Waals surface area contributed by atoms with Gasteiger partial charge in [0.05, 0.1) is 33.8 Å². The van der Waals surface area contributed by atoms with Crippen LogP contribution in [-0.4, -0.2) is 4.57 Å². The Bertz CT molecular complexity index is 1810. The van der Waals surface area contributed by atoms with Gasteiger partial charge in [-0.15, -0.1) is 0 Å². The molecule has 0 atom stereocenters. The van der Waals surface area contributed by atoms with Crippen LogP contribution in [-0.2, 0) is 5.41 Å². The second kappa shape index (κ2) is 6.79. The maximum atomic E-state index is 6.58. The smallest absolute Gasteiger partial charge is 0.153 e. The fraction of sp³-hybridized carbons (Fsp3) is 0.0909. The topological polar surface area (TPSA) is 17.4 Å². The lowest BCUT2D eigenvalue weighted by atomic mass is 9.73. The van der Waals surface area contributed by atoms with Gasteiger partial charge in [-0.3, -0.25) is 0 Å². The van der Waals surface area contributed by atoms with E-state index in [-0.39, 0.29) is 5.41 Å². The van der Waals surface area contributed by atoms with Crippen LogP contribution in [0.2, 0.25) is 0 Å². The van der Waals surface area contributed by atoms with E-state index in [0.717, 1.165) is 28.4 Å². The van der Waals surface area contributed by atoms with Crippen molar-refractivity contribution in [3.05, 3.63) is 120 Å². The number of aromatic nitrogens is 1. The third-order valence-electron chi connectivity index (χ3n) is 7.96. The number of nitrogens with zero attached hydrogens (tertiary/aromatic N) is 2. The average Bonchev–Trinajstić information content (AvgIpc) is 3.25. The van der Waals surface area contributed by atoms with Crippen LogP contribution in [0.1, 0.15) is 25.0 Å². The molecule has 0 aliphatic carbocycles. The van der Waals surface area contributed by atoms with E-state index in [0.29, 0.717) is 0 Å². The van der Waals surface area contributed by atoms with Gasteiger partial charge in [-0.25, -0.2) is 0 Å². The van der Waals surface area contributed by atoms with Gasteiger partial charge in [-0.1, -0.05) is 80.6 Å². The number of ether oxygens (including phenoxy) is 1. The maximum absolute atomic E-state index is 6.58. The van der Waals surface area contributed by atoms with Crippen molar-refractivity contribution in [2.45, 2.75) is 19.3 Å². The van der Waals surface area contributed by atoms with Crippen LogP contribution in [0.15, 0.2) is 109 Å². The summed E-state index contributed by atoms with van der Waals surface area (Å²) in [5, 5.41) is 2.47. The van der Waals surface area contributed by atoms with Crippen molar-refractivity contribution in [1.82, 2.24) is 4.57 Å². The number of fused-ring (bicyclic) bond motifs is 7. The Morgan fingerprint density at radius 3 is 2.03 bits per heavy atom. The quantitative estimate of drug-likeness (QED) is 0.241. The summed E-state index contributed by atoms with van der Waals surface area (Å²) in [4.78, 5) is 2.38. The van der Waals surface area contributed by atoms with Crippen molar-refractivity contribution < 1.29 is 4.74 Å². The van der Waals surface area contributed by atoms with Crippen LogP contribution >= 0.6 is 0 Å². The second-order valence-corrected chi connectivity index (χ2v) is 10.3. The SMILES string of the molecule is CC1(C)c2ccccc2N(c2ccc3c(c2)Oc2cccc4c5ccccc5n-3c24)c2ccccc21. The van der Waals surface area contributed by atoms with Gasteiger partial charge < -0.3 is 14.2 Å². The summed E-state index contributed by atoms with van der Waals surface area (Å²) >= 11 is 0. The molecule has 3 nitrogen and oxygen atoms in total. The van der Waals surface area contributed by atoms with E-state index >= 15 is 0 Å². The lowest BCUT2D eigenvalue weighted by Crippen LogP contribution is -2.30. The van der Waals surface area contributed by atoms with E-state index in [9.17, 15) is 0 Å². The highest BCUT2D eigenvalue weighted by atomic mass is 16.5. The summed E-state index contributed by atoms with van der Waals surface area (Å²) in [6.45, 7) is 4.63. The molecular weight excluding hydrogens is 440 g/mol. The predicted octanol–water partition coefficient (Wildman–Crippen LogP) is 9.00. The molecule has 3 heterocycles. The highest BCUT2D eigenvalue weighted by molar-refractivity contribution is 6.12. The number of para-hydroxylation sites is 4. The lowest BCUT2D eigenvalue weighted by molar-refractivity contribution is 0.476. The first-order chi connectivity index (χ1) is 17.6. The molecule has 2 aliphatic heterocycles. The summed E-state index contributed by atoms with van der Waals surface area (Å²) in [7, 11) is 0. The van der Waals surface area contributed by atoms with Crippen LogP contribution in [0, 0.1) is 0 Å². The average molecular weight is 465 g/mol. The zero-order chi connectivity index (χ0) is 24.0. The molecule has 6 aromatic rings. The third kappa shape index (κ3) is 2.42. The molecule has 0 radical (unpaired) electrons. The third-order valence-corrected chi connectivity index (χ3v) is 7.96. The Morgan fingerprint density at radius 2 is 1.25 bits per heavy atom. The van der Waals surface area contributed by atoms with Gasteiger partial charge in [0.25, 0.3) is 0 Å². The molecule has 172 valence electrons. The summed E-state index contributed by atoms with van der Waals surface area (Å²) in [6.07, 6.45) is 0. The minimum absolute atomic E-state index is 0.0804. The van der Waals surface area contributed by atoms with E-state index in [1.165, 1.54) is 38.8 Å². The highest BCUT2D eigenvalue weighted by Gasteiger charge is 2.36. The van der Waals surface area contributed by atoms with Gasteiger partial charge in [0.1, 0.15) is 0 Å². The Labute approximate surface area is 209 Å². The predicted molar refractivity (Wildman–Crippen MR) is 148 cm³/mol. The van der Waals surface area contributed by atoms with Crippen LogP contribution in [0.25, 0.3) is 27.5 Å². The maximum Gasteiger partial charge on any atom is 0.153 e. The largest absolute Gasteiger partial charge is 0.453 e. The Morgan fingerprint density at radius 1 is 0.583 bits per heavy atom. The van der Waals surface area contributed by atoms with E-state index in [2.05, 4.69) is 133 Å². The van der Waals surface area contributed by atoms with Crippen molar-refractivity contribution in [2.75, 3.05) is 4.90 Å². The molecule has 5 aromatic carbocycles. The molecule has 0 unspecified atom stereocenters. The Kier molecular flexibility index (Phi) is 3.73. The first-order valence-corrected chi connectivity index (χ1v) is 12.5. The Balaban J connectivity index is 1.38.